The maximum atomic E-state index is 13.2. The van der Waals surface area contributed by atoms with Gasteiger partial charge in [0.25, 0.3) is 17.1 Å². The molecular formula is C24H20F2N4O3S. The van der Waals surface area contributed by atoms with Crippen LogP contribution in [0.3, 0.4) is 0 Å². The number of nitrogens with zero attached hydrogens (tertiary/aromatic N) is 3. The molecular weight excluding hydrogens is 462 g/mol. The van der Waals surface area contributed by atoms with Gasteiger partial charge in [-0.15, -0.1) is 0 Å². The van der Waals surface area contributed by atoms with Crippen molar-refractivity contribution in [1.82, 2.24) is 20.0 Å². The molecule has 3 aromatic rings. The molecule has 0 saturated carbocycles. The average molecular weight is 483 g/mol. The van der Waals surface area contributed by atoms with Crippen LogP contribution >= 0.6 is 11.8 Å². The van der Waals surface area contributed by atoms with Crippen LogP contribution in [0.5, 0.6) is 0 Å². The number of rotatable bonds is 6. The lowest BCUT2D eigenvalue weighted by Crippen LogP contribution is -2.37. The SMILES string of the molecule is Cc1nn(-c2ccc(F)cc2)c(C)c1C(=O)NCCN1C(=O)S/C(=C\c2ccc(F)cc2)C1=O. The highest BCUT2D eigenvalue weighted by molar-refractivity contribution is 8.18. The second kappa shape index (κ2) is 9.60. The molecule has 1 N–H and O–H groups in total. The third-order valence-corrected chi connectivity index (χ3v) is 6.16. The Balaban J connectivity index is 1.40. The smallest absolute Gasteiger partial charge is 0.293 e. The molecule has 0 aliphatic carbocycles. The van der Waals surface area contributed by atoms with Gasteiger partial charge >= 0.3 is 0 Å². The number of imide groups is 1. The fourth-order valence-corrected chi connectivity index (χ4v) is 4.44. The number of hydrogen-bond donors (Lipinski definition) is 1. The molecule has 1 aliphatic heterocycles. The highest BCUT2D eigenvalue weighted by Gasteiger charge is 2.34. The highest BCUT2D eigenvalue weighted by atomic mass is 32.2. The lowest BCUT2D eigenvalue weighted by atomic mass is 10.2. The number of carbonyl (C=O) groups excluding carboxylic acids is 3. The van der Waals surface area contributed by atoms with E-state index in [0.29, 0.717) is 28.2 Å². The summed E-state index contributed by atoms with van der Waals surface area (Å²) in [6.07, 6.45) is 1.53. The van der Waals surface area contributed by atoms with Crippen molar-refractivity contribution >= 4 is 34.9 Å². The van der Waals surface area contributed by atoms with Crippen molar-refractivity contribution in [2.45, 2.75) is 13.8 Å². The highest BCUT2D eigenvalue weighted by Crippen LogP contribution is 2.32. The first-order valence-corrected chi connectivity index (χ1v) is 11.2. The molecule has 4 rings (SSSR count). The number of aryl methyl sites for hydroxylation is 1. The summed E-state index contributed by atoms with van der Waals surface area (Å²) < 4.78 is 27.8. The van der Waals surface area contributed by atoms with Gasteiger partial charge in [0, 0.05) is 13.1 Å². The summed E-state index contributed by atoms with van der Waals surface area (Å²) in [7, 11) is 0. The van der Waals surface area contributed by atoms with Crippen LogP contribution in [0.4, 0.5) is 13.6 Å². The van der Waals surface area contributed by atoms with Crippen LogP contribution in [0.25, 0.3) is 11.8 Å². The summed E-state index contributed by atoms with van der Waals surface area (Å²) in [6, 6.07) is 11.3. The van der Waals surface area contributed by atoms with E-state index >= 15 is 0 Å². The number of carbonyl (C=O) groups is 3. The summed E-state index contributed by atoms with van der Waals surface area (Å²) in [5, 5.41) is 6.66. The van der Waals surface area contributed by atoms with Gasteiger partial charge in [0.05, 0.1) is 27.5 Å². The Labute approximate surface area is 198 Å². The molecule has 1 aromatic heterocycles. The standard InChI is InChI=1S/C24H20F2N4O3S/c1-14-21(15(2)30(28-14)19-9-7-18(26)8-10-19)22(31)27-11-12-29-23(32)20(34-24(29)33)13-16-3-5-17(25)6-4-16/h3-10,13H,11-12H2,1-2H3,(H,27,31)/b20-13-. The van der Waals surface area contributed by atoms with E-state index < -0.39 is 22.9 Å². The Morgan fingerprint density at radius 1 is 1.03 bits per heavy atom. The third-order valence-electron chi connectivity index (χ3n) is 5.25. The Bertz CT molecular complexity index is 1300. The first-order valence-electron chi connectivity index (χ1n) is 10.4. The fourth-order valence-electron chi connectivity index (χ4n) is 3.58. The van der Waals surface area contributed by atoms with Gasteiger partial charge in [-0.05, 0) is 73.6 Å². The Morgan fingerprint density at radius 3 is 2.29 bits per heavy atom. The molecule has 1 fully saturated rings. The quantitative estimate of drug-likeness (QED) is 0.532. The largest absolute Gasteiger partial charge is 0.350 e. The molecule has 0 unspecified atom stereocenters. The van der Waals surface area contributed by atoms with E-state index in [1.54, 1.807) is 30.7 Å². The van der Waals surface area contributed by atoms with Gasteiger partial charge in [-0.25, -0.2) is 13.5 Å². The van der Waals surface area contributed by atoms with Crippen LogP contribution in [0.15, 0.2) is 53.4 Å². The van der Waals surface area contributed by atoms with Crippen molar-refractivity contribution in [1.29, 1.82) is 0 Å². The summed E-state index contributed by atoms with van der Waals surface area (Å²) in [4.78, 5) is 39.0. The van der Waals surface area contributed by atoms with E-state index in [1.807, 2.05) is 0 Å². The van der Waals surface area contributed by atoms with E-state index in [1.165, 1.54) is 42.5 Å². The Morgan fingerprint density at radius 2 is 1.65 bits per heavy atom. The van der Waals surface area contributed by atoms with Crippen molar-refractivity contribution in [3.63, 3.8) is 0 Å². The number of hydrogen-bond acceptors (Lipinski definition) is 5. The molecule has 10 heteroatoms. The minimum Gasteiger partial charge on any atom is -0.350 e. The van der Waals surface area contributed by atoms with E-state index in [4.69, 9.17) is 0 Å². The summed E-state index contributed by atoms with van der Waals surface area (Å²) in [6.45, 7) is 3.48. The summed E-state index contributed by atoms with van der Waals surface area (Å²) >= 11 is 0.795. The fraction of sp³-hybridized carbons (Fsp3) is 0.167. The molecule has 7 nitrogen and oxygen atoms in total. The lowest BCUT2D eigenvalue weighted by Gasteiger charge is -2.13. The van der Waals surface area contributed by atoms with E-state index in [-0.39, 0.29) is 23.8 Å². The zero-order valence-electron chi connectivity index (χ0n) is 18.3. The average Bonchev–Trinajstić information content (AvgIpc) is 3.25. The number of benzene rings is 2. The molecule has 1 aliphatic rings. The first-order chi connectivity index (χ1) is 16.2. The van der Waals surface area contributed by atoms with Gasteiger partial charge in [0.1, 0.15) is 11.6 Å². The summed E-state index contributed by atoms with van der Waals surface area (Å²) in [5.41, 5.74) is 2.66. The number of nitrogens with one attached hydrogen (secondary N) is 1. The Kier molecular flexibility index (Phi) is 6.60. The predicted molar refractivity (Wildman–Crippen MR) is 124 cm³/mol. The molecule has 0 radical (unpaired) electrons. The zero-order chi connectivity index (χ0) is 24.4. The lowest BCUT2D eigenvalue weighted by molar-refractivity contribution is -0.122. The molecule has 1 saturated heterocycles. The van der Waals surface area contributed by atoms with E-state index in [0.717, 1.165) is 16.7 Å². The van der Waals surface area contributed by atoms with Crippen LogP contribution in [-0.2, 0) is 4.79 Å². The number of thioether (sulfide) groups is 1. The molecule has 0 atom stereocenters. The molecule has 34 heavy (non-hydrogen) atoms. The van der Waals surface area contributed by atoms with Crippen molar-refractivity contribution in [3.05, 3.63) is 87.6 Å². The normalized spacial score (nSPS) is 14.8. The van der Waals surface area contributed by atoms with Crippen LogP contribution in [0.1, 0.15) is 27.3 Å². The predicted octanol–water partition coefficient (Wildman–Crippen LogP) is 4.23. The van der Waals surface area contributed by atoms with Crippen molar-refractivity contribution in [2.75, 3.05) is 13.1 Å². The van der Waals surface area contributed by atoms with Crippen LogP contribution in [0.2, 0.25) is 0 Å². The molecule has 174 valence electrons. The molecule has 0 spiro atoms. The van der Waals surface area contributed by atoms with Crippen LogP contribution in [0, 0.1) is 25.5 Å². The maximum absolute atomic E-state index is 13.2. The van der Waals surface area contributed by atoms with E-state index in [2.05, 4.69) is 10.4 Å². The Hall–Kier alpha value is -3.79. The molecule has 3 amide bonds. The minimum absolute atomic E-state index is 0.00135. The van der Waals surface area contributed by atoms with Gasteiger partial charge in [-0.3, -0.25) is 19.3 Å². The second-order valence-corrected chi connectivity index (χ2v) is 8.57. The van der Waals surface area contributed by atoms with Gasteiger partial charge in [-0.1, -0.05) is 12.1 Å². The van der Waals surface area contributed by atoms with Crippen LogP contribution < -0.4 is 5.32 Å². The maximum Gasteiger partial charge on any atom is 0.293 e. The molecule has 2 heterocycles. The van der Waals surface area contributed by atoms with Gasteiger partial charge in [-0.2, -0.15) is 5.10 Å². The first kappa shape index (κ1) is 23.4. The second-order valence-electron chi connectivity index (χ2n) is 7.57. The molecule has 2 aromatic carbocycles. The van der Waals surface area contributed by atoms with Gasteiger partial charge in [0.15, 0.2) is 0 Å². The number of amides is 3. The van der Waals surface area contributed by atoms with Crippen molar-refractivity contribution in [3.8, 4) is 5.69 Å². The van der Waals surface area contributed by atoms with Crippen molar-refractivity contribution in [2.24, 2.45) is 0 Å². The van der Waals surface area contributed by atoms with E-state index in [9.17, 15) is 23.2 Å². The zero-order valence-corrected chi connectivity index (χ0v) is 19.2. The number of halogens is 2. The third kappa shape index (κ3) is 4.76. The topological polar surface area (TPSA) is 84.3 Å². The summed E-state index contributed by atoms with van der Waals surface area (Å²) in [5.74, 6) is -1.62. The van der Waals surface area contributed by atoms with Gasteiger partial charge in [0.2, 0.25) is 0 Å². The minimum atomic E-state index is -0.468. The van der Waals surface area contributed by atoms with Crippen LogP contribution in [-0.4, -0.2) is 44.8 Å². The number of aromatic nitrogens is 2. The van der Waals surface area contributed by atoms with Crippen molar-refractivity contribution < 1.29 is 23.2 Å². The molecule has 0 bridgehead atoms. The monoisotopic (exact) mass is 482 g/mol. The van der Waals surface area contributed by atoms with Gasteiger partial charge < -0.3 is 5.32 Å².